The van der Waals surface area contributed by atoms with Crippen LogP contribution in [0.4, 0.5) is 5.69 Å². The molecule has 5 rings (SSSR count). The van der Waals surface area contributed by atoms with Gasteiger partial charge >= 0.3 is 0 Å². The van der Waals surface area contributed by atoms with Crippen LogP contribution >= 0.6 is 0 Å². The molecule has 0 saturated carbocycles. The van der Waals surface area contributed by atoms with Gasteiger partial charge in [0, 0.05) is 40.8 Å². The average Bonchev–Trinajstić information content (AvgIpc) is 3.01. The van der Waals surface area contributed by atoms with Gasteiger partial charge in [-0.2, -0.15) is 0 Å². The van der Waals surface area contributed by atoms with Gasteiger partial charge in [-0.05, 0) is 74.9 Å². The fourth-order valence-electron chi connectivity index (χ4n) is 5.60. The molecule has 0 aliphatic heterocycles. The van der Waals surface area contributed by atoms with Crippen LogP contribution in [0.3, 0.4) is 0 Å². The quantitative estimate of drug-likeness (QED) is 0.191. The maximum Gasteiger partial charge on any atom is 0.160 e. The molecule has 0 N–H and O–H groups in total. The van der Waals surface area contributed by atoms with Gasteiger partial charge in [0.15, 0.2) is 5.82 Å². The van der Waals surface area contributed by atoms with E-state index < -0.39 is 0 Å². The number of aromatic nitrogens is 2. The minimum Gasteiger partial charge on any atom is -0.261 e. The molecular weight excluding hydrogens is 498 g/mol. The monoisotopic (exact) mass is 537 g/mol. The van der Waals surface area contributed by atoms with E-state index in [1.165, 1.54) is 5.57 Å². The van der Waals surface area contributed by atoms with Crippen LogP contribution in [0.15, 0.2) is 115 Å². The predicted molar refractivity (Wildman–Crippen MR) is 177 cm³/mol. The largest absolute Gasteiger partial charge is 0.261 e. The Kier molecular flexibility index (Phi) is 8.84. The van der Waals surface area contributed by atoms with E-state index in [0.717, 1.165) is 70.0 Å². The molecule has 0 radical (unpaired) electrons. The van der Waals surface area contributed by atoms with E-state index in [4.69, 9.17) is 9.97 Å². The number of hydrogen-bond acceptors (Lipinski definition) is 3. The molecule has 2 aromatic rings. The van der Waals surface area contributed by atoms with Crippen molar-refractivity contribution in [3.8, 4) is 0 Å². The summed E-state index contributed by atoms with van der Waals surface area (Å²) < 4.78 is 0. The summed E-state index contributed by atoms with van der Waals surface area (Å²) in [7, 11) is 0. The summed E-state index contributed by atoms with van der Waals surface area (Å²) in [5.41, 5.74) is 9.80. The fraction of sp³-hybridized carbons (Fsp3) is 0.237. The third-order valence-corrected chi connectivity index (χ3v) is 8.15. The predicted octanol–water partition coefficient (Wildman–Crippen LogP) is 10.0. The first-order valence-electron chi connectivity index (χ1n) is 14.6. The summed E-state index contributed by atoms with van der Waals surface area (Å²) in [6, 6.07) is 8.47. The Labute approximate surface area is 245 Å². The summed E-state index contributed by atoms with van der Waals surface area (Å²) in [6.45, 7) is 14.4. The highest BCUT2D eigenvalue weighted by Gasteiger charge is 2.22. The first-order valence-corrected chi connectivity index (χ1v) is 14.6. The highest BCUT2D eigenvalue weighted by atomic mass is 14.9. The van der Waals surface area contributed by atoms with Crippen LogP contribution in [0.25, 0.3) is 22.8 Å². The van der Waals surface area contributed by atoms with Gasteiger partial charge < -0.3 is 0 Å². The van der Waals surface area contributed by atoms with Crippen LogP contribution in [-0.2, 0) is 0 Å². The highest BCUT2D eigenvalue weighted by molar-refractivity contribution is 5.79. The van der Waals surface area contributed by atoms with Gasteiger partial charge in [-0.3, -0.25) is 4.99 Å². The van der Waals surface area contributed by atoms with Crippen LogP contribution in [0.2, 0.25) is 0 Å². The summed E-state index contributed by atoms with van der Waals surface area (Å²) in [6.07, 6.45) is 31.0. The lowest BCUT2D eigenvalue weighted by Gasteiger charge is -2.24. The van der Waals surface area contributed by atoms with E-state index in [2.05, 4.69) is 111 Å². The minimum atomic E-state index is 0.358. The van der Waals surface area contributed by atoms with Crippen molar-refractivity contribution in [3.05, 3.63) is 138 Å². The first-order chi connectivity index (χ1) is 20.0. The lowest BCUT2D eigenvalue weighted by Crippen LogP contribution is -2.13. The van der Waals surface area contributed by atoms with Gasteiger partial charge in [-0.1, -0.05) is 97.7 Å². The second-order valence-corrected chi connectivity index (χ2v) is 11.0. The molecule has 41 heavy (non-hydrogen) atoms. The number of allylic oxidation sites excluding steroid dienone is 15. The second kappa shape index (κ2) is 12.9. The van der Waals surface area contributed by atoms with Crippen molar-refractivity contribution in [2.45, 2.75) is 46.0 Å². The Hall–Kier alpha value is -4.37. The number of aliphatic imine (C=N–C) groups is 1. The van der Waals surface area contributed by atoms with Gasteiger partial charge in [-0.25, -0.2) is 9.97 Å². The molecule has 1 aromatic carbocycles. The van der Waals surface area contributed by atoms with E-state index in [0.29, 0.717) is 17.8 Å². The fourth-order valence-corrected chi connectivity index (χ4v) is 5.60. The number of hydrogen-bond donors (Lipinski definition) is 0. The minimum absolute atomic E-state index is 0.358. The van der Waals surface area contributed by atoms with Gasteiger partial charge in [0.1, 0.15) is 0 Å². The van der Waals surface area contributed by atoms with Crippen LogP contribution in [-0.4, -0.2) is 16.2 Å². The van der Waals surface area contributed by atoms with Crippen molar-refractivity contribution in [1.82, 2.24) is 9.97 Å². The maximum atomic E-state index is 5.12. The molecule has 3 nitrogen and oxygen atoms in total. The van der Waals surface area contributed by atoms with E-state index in [9.17, 15) is 0 Å². The standard InChI is InChI=1S/C38H39N3/c1-6-28(18-15-27(5)32-21-22-35(39-8-3)29(7-2)23-32)38-40-36(31-16-13-26(4)14-17-31)25-37(41-38)34-20-19-30-11-9-10-12-33(30)24-34/h6-13,15,18-25,30-31,33H,1-2,14,16-17H2,3-5H3/b27-15+,28-18+,39-8-. The zero-order valence-electron chi connectivity index (χ0n) is 24.4. The Bertz CT molecular complexity index is 1590. The van der Waals surface area contributed by atoms with Crippen molar-refractivity contribution >= 4 is 34.7 Å². The summed E-state index contributed by atoms with van der Waals surface area (Å²) in [5, 5.41) is 0. The second-order valence-electron chi connectivity index (χ2n) is 11.0. The van der Waals surface area contributed by atoms with Crippen molar-refractivity contribution < 1.29 is 0 Å². The molecular formula is C38H39N3. The topological polar surface area (TPSA) is 38.1 Å². The first kappa shape index (κ1) is 28.2. The molecule has 0 amide bonds. The van der Waals surface area contributed by atoms with E-state index in [-0.39, 0.29) is 0 Å². The molecule has 3 aliphatic carbocycles. The normalized spacial score (nSPS) is 22.4. The lowest BCUT2D eigenvalue weighted by molar-refractivity contribution is 0.582. The maximum absolute atomic E-state index is 5.12. The van der Waals surface area contributed by atoms with Gasteiger partial charge in [0.25, 0.3) is 0 Å². The van der Waals surface area contributed by atoms with Gasteiger partial charge in [-0.15, -0.1) is 0 Å². The molecule has 1 heterocycles. The van der Waals surface area contributed by atoms with E-state index in [1.807, 2.05) is 25.1 Å². The SMILES string of the molecule is C=C/C(=C\C=C(/C)c1ccc(/N=C\C)c(C=C)c1)c1nc(C2=CC3C=CC=CC3C=C2)cc(C2CC=C(C)CC2)n1. The molecule has 0 fully saturated rings. The van der Waals surface area contributed by atoms with Gasteiger partial charge in [0.05, 0.1) is 11.4 Å². The Morgan fingerprint density at radius 3 is 2.59 bits per heavy atom. The number of benzene rings is 1. The van der Waals surface area contributed by atoms with Crippen LogP contribution < -0.4 is 0 Å². The molecule has 3 atom stereocenters. The third-order valence-electron chi connectivity index (χ3n) is 8.15. The molecule has 3 aliphatic rings. The van der Waals surface area contributed by atoms with Crippen molar-refractivity contribution in [1.29, 1.82) is 0 Å². The van der Waals surface area contributed by atoms with E-state index in [1.54, 1.807) is 6.21 Å². The molecule has 0 bridgehead atoms. The Balaban J connectivity index is 1.53. The highest BCUT2D eigenvalue weighted by Crippen LogP contribution is 2.35. The van der Waals surface area contributed by atoms with Crippen molar-refractivity contribution in [2.75, 3.05) is 0 Å². The van der Waals surface area contributed by atoms with Gasteiger partial charge in [0.2, 0.25) is 0 Å². The zero-order valence-corrected chi connectivity index (χ0v) is 24.4. The number of rotatable bonds is 8. The molecule has 0 spiro atoms. The zero-order chi connectivity index (χ0) is 28.8. The Morgan fingerprint density at radius 2 is 1.85 bits per heavy atom. The van der Waals surface area contributed by atoms with Crippen LogP contribution in [0, 0.1) is 11.8 Å². The number of nitrogens with zero attached hydrogens (tertiary/aromatic N) is 3. The Morgan fingerprint density at radius 1 is 1.02 bits per heavy atom. The van der Waals surface area contributed by atoms with Crippen molar-refractivity contribution in [3.63, 3.8) is 0 Å². The molecule has 0 saturated heterocycles. The lowest BCUT2D eigenvalue weighted by atomic mass is 9.82. The molecule has 206 valence electrons. The summed E-state index contributed by atoms with van der Waals surface area (Å²) >= 11 is 0. The van der Waals surface area contributed by atoms with Crippen LogP contribution in [0.5, 0.6) is 0 Å². The molecule has 3 heteroatoms. The third kappa shape index (κ3) is 6.52. The molecule has 3 unspecified atom stereocenters. The average molecular weight is 538 g/mol. The van der Waals surface area contributed by atoms with Crippen molar-refractivity contribution in [2.24, 2.45) is 16.8 Å². The number of fused-ring (bicyclic) bond motifs is 1. The molecule has 1 aromatic heterocycles. The summed E-state index contributed by atoms with van der Waals surface area (Å²) in [5.74, 6) is 1.88. The smallest absolute Gasteiger partial charge is 0.160 e. The van der Waals surface area contributed by atoms with E-state index >= 15 is 0 Å². The van der Waals surface area contributed by atoms with Crippen LogP contribution in [0.1, 0.15) is 74.3 Å². The summed E-state index contributed by atoms with van der Waals surface area (Å²) in [4.78, 5) is 14.7.